The highest BCUT2D eigenvalue weighted by Gasteiger charge is 2.30. The summed E-state index contributed by atoms with van der Waals surface area (Å²) < 4.78 is 24.5. The van der Waals surface area contributed by atoms with Crippen LogP contribution in [0.4, 0.5) is 0 Å². The van der Waals surface area contributed by atoms with Crippen molar-refractivity contribution < 1.29 is 18.9 Å². The van der Waals surface area contributed by atoms with E-state index in [0.717, 1.165) is 29.9 Å². The number of benzene rings is 3. The third-order valence-electron chi connectivity index (χ3n) is 5.98. The first-order chi connectivity index (χ1) is 16.8. The van der Waals surface area contributed by atoms with Gasteiger partial charge in [-0.25, -0.2) is 0 Å². The SMILES string of the molecule is COc1ccc(C[C@@H](CCOC(C)(C)C)[C@@H](Oc2ccccc2)[C@H](C)OCc2ccccc2)cc1. The summed E-state index contributed by atoms with van der Waals surface area (Å²) in [5.74, 6) is 1.90. The molecule has 4 nitrogen and oxygen atoms in total. The molecule has 0 fully saturated rings. The minimum Gasteiger partial charge on any atom is -0.497 e. The van der Waals surface area contributed by atoms with Crippen LogP contribution in [0.2, 0.25) is 0 Å². The van der Waals surface area contributed by atoms with Crippen molar-refractivity contribution in [3.8, 4) is 11.5 Å². The van der Waals surface area contributed by atoms with Gasteiger partial charge >= 0.3 is 0 Å². The number of hydrogen-bond acceptors (Lipinski definition) is 4. The van der Waals surface area contributed by atoms with Crippen molar-refractivity contribution in [2.75, 3.05) is 13.7 Å². The van der Waals surface area contributed by atoms with Crippen molar-refractivity contribution in [2.45, 2.75) is 65.0 Å². The predicted octanol–water partition coefficient (Wildman–Crippen LogP) is 7.11. The number of rotatable bonds is 13. The molecule has 0 bridgehead atoms. The third-order valence-corrected chi connectivity index (χ3v) is 5.98. The highest BCUT2D eigenvalue weighted by molar-refractivity contribution is 5.28. The lowest BCUT2D eigenvalue weighted by atomic mass is 9.88. The number of methoxy groups -OCH3 is 1. The molecule has 3 aromatic rings. The molecule has 0 aliphatic rings. The van der Waals surface area contributed by atoms with E-state index >= 15 is 0 Å². The molecule has 3 aromatic carbocycles. The minimum atomic E-state index is -0.185. The summed E-state index contributed by atoms with van der Waals surface area (Å²) in [7, 11) is 1.69. The van der Waals surface area contributed by atoms with E-state index in [4.69, 9.17) is 18.9 Å². The zero-order valence-electron chi connectivity index (χ0n) is 21.8. The standard InChI is InChI=1S/C31H40O4/c1-24(33-23-26-12-8-6-9-13-26)30(35-29-14-10-7-11-15-29)27(20-21-34-31(2,3)4)22-25-16-18-28(32-5)19-17-25/h6-19,24,27,30H,20-23H2,1-5H3/t24-,27+,30-/m0/s1. The van der Waals surface area contributed by atoms with Gasteiger partial charge in [0.1, 0.15) is 17.6 Å². The van der Waals surface area contributed by atoms with E-state index in [0.29, 0.717) is 13.2 Å². The topological polar surface area (TPSA) is 36.9 Å². The highest BCUT2D eigenvalue weighted by Crippen LogP contribution is 2.27. The Balaban J connectivity index is 1.82. The lowest BCUT2D eigenvalue weighted by Crippen LogP contribution is -2.40. The van der Waals surface area contributed by atoms with Gasteiger partial charge in [-0.1, -0.05) is 60.7 Å². The Morgan fingerprint density at radius 2 is 1.37 bits per heavy atom. The first kappa shape index (κ1) is 26.8. The molecule has 0 saturated carbocycles. The fraction of sp³-hybridized carbons (Fsp3) is 0.419. The van der Waals surface area contributed by atoms with Crippen LogP contribution in [0.15, 0.2) is 84.9 Å². The summed E-state index contributed by atoms with van der Waals surface area (Å²) >= 11 is 0. The molecule has 0 unspecified atom stereocenters. The average molecular weight is 477 g/mol. The average Bonchev–Trinajstić information content (AvgIpc) is 2.86. The monoisotopic (exact) mass is 476 g/mol. The van der Waals surface area contributed by atoms with E-state index in [1.54, 1.807) is 7.11 Å². The number of ether oxygens (including phenoxy) is 4. The second kappa shape index (κ2) is 13.3. The Morgan fingerprint density at radius 3 is 1.97 bits per heavy atom. The largest absolute Gasteiger partial charge is 0.497 e. The molecule has 0 spiro atoms. The molecule has 0 radical (unpaired) electrons. The molecule has 4 heteroatoms. The highest BCUT2D eigenvalue weighted by atomic mass is 16.5. The van der Waals surface area contributed by atoms with E-state index in [2.05, 4.69) is 52.0 Å². The molecule has 0 aliphatic heterocycles. The van der Waals surface area contributed by atoms with E-state index in [1.165, 1.54) is 5.56 Å². The quantitative estimate of drug-likeness (QED) is 0.263. The van der Waals surface area contributed by atoms with E-state index < -0.39 is 0 Å². The Kier molecular flexibility index (Phi) is 10.2. The van der Waals surface area contributed by atoms with Gasteiger partial charge in [0, 0.05) is 12.5 Å². The summed E-state index contributed by atoms with van der Waals surface area (Å²) in [5.41, 5.74) is 2.21. The molecular formula is C31H40O4. The van der Waals surface area contributed by atoms with Crippen LogP contribution in [0, 0.1) is 5.92 Å². The first-order valence-electron chi connectivity index (χ1n) is 12.5. The van der Waals surface area contributed by atoms with E-state index in [1.807, 2.05) is 60.7 Å². The smallest absolute Gasteiger partial charge is 0.128 e. The van der Waals surface area contributed by atoms with Crippen molar-refractivity contribution in [3.63, 3.8) is 0 Å². The fourth-order valence-corrected chi connectivity index (χ4v) is 4.09. The molecule has 3 rings (SSSR count). The van der Waals surface area contributed by atoms with Crippen LogP contribution in [0.1, 0.15) is 45.2 Å². The molecule has 35 heavy (non-hydrogen) atoms. The fourth-order valence-electron chi connectivity index (χ4n) is 4.09. The Morgan fingerprint density at radius 1 is 0.743 bits per heavy atom. The van der Waals surface area contributed by atoms with Gasteiger partial charge in [-0.15, -0.1) is 0 Å². The maximum Gasteiger partial charge on any atom is 0.128 e. The van der Waals surface area contributed by atoms with Gasteiger partial charge in [-0.3, -0.25) is 0 Å². The summed E-state index contributed by atoms with van der Waals surface area (Å²) in [6.45, 7) is 9.59. The molecule has 0 heterocycles. The molecule has 0 N–H and O–H groups in total. The molecule has 0 aromatic heterocycles. The minimum absolute atomic E-state index is 0.117. The van der Waals surface area contributed by atoms with Crippen LogP contribution < -0.4 is 9.47 Å². The molecule has 3 atom stereocenters. The predicted molar refractivity (Wildman–Crippen MR) is 142 cm³/mol. The van der Waals surface area contributed by atoms with Gasteiger partial charge in [-0.2, -0.15) is 0 Å². The van der Waals surface area contributed by atoms with Crippen LogP contribution in [0.5, 0.6) is 11.5 Å². The third kappa shape index (κ3) is 9.39. The van der Waals surface area contributed by atoms with Gasteiger partial charge < -0.3 is 18.9 Å². The van der Waals surface area contributed by atoms with E-state index in [-0.39, 0.29) is 23.7 Å². The maximum atomic E-state index is 6.62. The van der Waals surface area contributed by atoms with Gasteiger partial charge in [0.15, 0.2) is 0 Å². The summed E-state index contributed by atoms with van der Waals surface area (Å²) in [6, 6.07) is 28.6. The molecule has 0 aliphatic carbocycles. The van der Waals surface area contributed by atoms with Crippen molar-refractivity contribution in [2.24, 2.45) is 5.92 Å². The van der Waals surface area contributed by atoms with Gasteiger partial charge in [0.2, 0.25) is 0 Å². The van der Waals surface area contributed by atoms with Crippen molar-refractivity contribution in [3.05, 3.63) is 96.1 Å². The lowest BCUT2D eigenvalue weighted by Gasteiger charge is -2.33. The Bertz CT molecular complexity index is 964. The van der Waals surface area contributed by atoms with Crippen molar-refractivity contribution in [1.82, 2.24) is 0 Å². The van der Waals surface area contributed by atoms with Gasteiger partial charge in [0.05, 0.1) is 25.4 Å². The lowest BCUT2D eigenvalue weighted by molar-refractivity contribution is -0.0615. The Hall–Kier alpha value is -2.82. The Labute approximate surface area is 211 Å². The summed E-state index contributed by atoms with van der Waals surface area (Å²) in [5, 5.41) is 0. The number of hydrogen-bond donors (Lipinski definition) is 0. The van der Waals surface area contributed by atoms with Gasteiger partial charge in [0.25, 0.3) is 0 Å². The van der Waals surface area contributed by atoms with Crippen LogP contribution in [-0.2, 0) is 22.5 Å². The number of para-hydroxylation sites is 1. The maximum absolute atomic E-state index is 6.62. The summed E-state index contributed by atoms with van der Waals surface area (Å²) in [6.07, 6.45) is 1.45. The zero-order valence-corrected chi connectivity index (χ0v) is 21.8. The molecular weight excluding hydrogens is 436 g/mol. The normalized spacial score (nSPS) is 14.2. The molecule has 0 amide bonds. The first-order valence-corrected chi connectivity index (χ1v) is 12.5. The zero-order chi connectivity index (χ0) is 25.1. The van der Waals surface area contributed by atoms with Crippen molar-refractivity contribution >= 4 is 0 Å². The molecule has 188 valence electrons. The van der Waals surface area contributed by atoms with E-state index in [9.17, 15) is 0 Å². The van der Waals surface area contributed by atoms with Crippen molar-refractivity contribution in [1.29, 1.82) is 0 Å². The molecule has 0 saturated heterocycles. The summed E-state index contributed by atoms with van der Waals surface area (Å²) in [4.78, 5) is 0. The van der Waals surface area contributed by atoms with Gasteiger partial charge in [-0.05, 0) is 75.9 Å². The van der Waals surface area contributed by atoms with Crippen LogP contribution >= 0.6 is 0 Å². The second-order valence-corrected chi connectivity index (χ2v) is 9.96. The van der Waals surface area contributed by atoms with Crippen LogP contribution in [0.25, 0.3) is 0 Å². The second-order valence-electron chi connectivity index (χ2n) is 9.96. The van der Waals surface area contributed by atoms with Crippen LogP contribution in [-0.4, -0.2) is 31.5 Å². The van der Waals surface area contributed by atoms with Crippen LogP contribution in [0.3, 0.4) is 0 Å².